The van der Waals surface area contributed by atoms with E-state index in [1.807, 2.05) is 24.3 Å². The highest BCUT2D eigenvalue weighted by Crippen LogP contribution is 2.37. The number of hydrogen-bond donors (Lipinski definition) is 1. The number of ether oxygens (including phenoxy) is 1. The van der Waals surface area contributed by atoms with E-state index in [2.05, 4.69) is 10.3 Å². The van der Waals surface area contributed by atoms with Crippen LogP contribution in [0.1, 0.15) is 45.2 Å². The fourth-order valence-corrected chi connectivity index (χ4v) is 5.32. The van der Waals surface area contributed by atoms with Crippen molar-refractivity contribution in [2.75, 3.05) is 11.9 Å². The van der Waals surface area contributed by atoms with Crippen molar-refractivity contribution in [1.82, 2.24) is 9.88 Å². The molecule has 0 saturated carbocycles. The maximum absolute atomic E-state index is 14.0. The third kappa shape index (κ3) is 5.65. The van der Waals surface area contributed by atoms with Crippen LogP contribution in [-0.2, 0) is 17.8 Å². The summed E-state index contributed by atoms with van der Waals surface area (Å²) in [6.45, 7) is 2.26. The molecule has 2 heterocycles. The molecule has 0 spiro atoms. The van der Waals surface area contributed by atoms with Crippen molar-refractivity contribution in [1.29, 1.82) is 0 Å². The molecule has 1 N–H and O–H groups in total. The van der Waals surface area contributed by atoms with Crippen LogP contribution in [0, 0.1) is 5.82 Å². The second kappa shape index (κ2) is 10.7. The predicted octanol–water partition coefficient (Wildman–Crippen LogP) is 6.26. The van der Waals surface area contributed by atoms with Crippen LogP contribution >= 0.6 is 22.9 Å². The zero-order chi connectivity index (χ0) is 25.9. The number of benzene rings is 3. The first-order valence-corrected chi connectivity index (χ1v) is 12.9. The summed E-state index contributed by atoms with van der Waals surface area (Å²) in [5.41, 5.74) is 3.59. The molecule has 0 bridgehead atoms. The molecule has 6 nitrogen and oxygen atoms in total. The number of hydrogen-bond acceptors (Lipinski definition) is 5. The lowest BCUT2D eigenvalue weighted by molar-refractivity contribution is -0.130. The number of fused-ring (bicyclic) bond motifs is 1. The number of anilines is 1. The normalized spacial score (nSPS) is 14.7. The van der Waals surface area contributed by atoms with Crippen LogP contribution in [0.2, 0.25) is 5.02 Å². The SMILES string of the molecule is CC(=O)N1CCc2ccc(OCc3nc(C(=O)Nc4cccc(Cl)c4)cs3)cc2C1c1cccc(F)c1. The Balaban J connectivity index is 1.32. The van der Waals surface area contributed by atoms with Gasteiger partial charge in [-0.05, 0) is 65.6 Å². The van der Waals surface area contributed by atoms with Crippen LogP contribution in [0.15, 0.2) is 72.1 Å². The lowest BCUT2D eigenvalue weighted by Gasteiger charge is -2.37. The summed E-state index contributed by atoms with van der Waals surface area (Å²) in [5, 5.41) is 5.62. The molecular formula is C28H23ClFN3O3S. The van der Waals surface area contributed by atoms with E-state index in [-0.39, 0.29) is 29.9 Å². The molecule has 1 aliphatic heterocycles. The number of carbonyl (C=O) groups is 2. The van der Waals surface area contributed by atoms with Gasteiger partial charge in [-0.15, -0.1) is 11.3 Å². The largest absolute Gasteiger partial charge is 0.486 e. The molecule has 5 rings (SSSR count). The van der Waals surface area contributed by atoms with Gasteiger partial charge in [-0.25, -0.2) is 9.37 Å². The quantitative estimate of drug-likeness (QED) is 0.316. The van der Waals surface area contributed by atoms with Gasteiger partial charge in [0.25, 0.3) is 5.91 Å². The summed E-state index contributed by atoms with van der Waals surface area (Å²) in [7, 11) is 0. The lowest BCUT2D eigenvalue weighted by Crippen LogP contribution is -2.39. The van der Waals surface area contributed by atoms with Gasteiger partial charge in [0, 0.05) is 29.6 Å². The molecule has 0 fully saturated rings. The molecule has 9 heteroatoms. The molecule has 4 aromatic rings. The Morgan fingerprint density at radius 2 is 2.00 bits per heavy atom. The van der Waals surface area contributed by atoms with Crippen molar-refractivity contribution in [3.05, 3.63) is 110 Å². The Hall–Kier alpha value is -3.75. The molecule has 3 aromatic carbocycles. The van der Waals surface area contributed by atoms with Crippen molar-refractivity contribution in [2.45, 2.75) is 26.0 Å². The molecular weight excluding hydrogens is 513 g/mol. The number of nitrogens with one attached hydrogen (secondary N) is 1. The molecule has 0 aliphatic carbocycles. The average Bonchev–Trinajstić information content (AvgIpc) is 3.36. The van der Waals surface area contributed by atoms with Gasteiger partial charge in [0.1, 0.15) is 28.9 Å². The highest BCUT2D eigenvalue weighted by atomic mass is 35.5. The highest BCUT2D eigenvalue weighted by Gasteiger charge is 2.31. The van der Waals surface area contributed by atoms with E-state index in [4.69, 9.17) is 16.3 Å². The van der Waals surface area contributed by atoms with Crippen LogP contribution in [0.25, 0.3) is 0 Å². The molecule has 188 valence electrons. The third-order valence-corrected chi connectivity index (χ3v) is 7.20. The van der Waals surface area contributed by atoms with E-state index in [1.165, 1.54) is 30.4 Å². The minimum atomic E-state index is -0.401. The number of thiazole rings is 1. The van der Waals surface area contributed by atoms with E-state index in [1.54, 1.807) is 40.6 Å². The van der Waals surface area contributed by atoms with Gasteiger partial charge in [-0.2, -0.15) is 0 Å². The maximum atomic E-state index is 14.0. The van der Waals surface area contributed by atoms with Gasteiger partial charge in [-0.3, -0.25) is 9.59 Å². The monoisotopic (exact) mass is 535 g/mol. The van der Waals surface area contributed by atoms with Gasteiger partial charge < -0.3 is 15.0 Å². The summed E-state index contributed by atoms with van der Waals surface area (Å²) in [6, 6.07) is 18.6. The number of rotatable bonds is 6. The van der Waals surface area contributed by atoms with Crippen molar-refractivity contribution in [2.24, 2.45) is 0 Å². The number of nitrogens with zero attached hydrogens (tertiary/aromatic N) is 2. The van der Waals surface area contributed by atoms with Gasteiger partial charge >= 0.3 is 0 Å². The Kier molecular flexibility index (Phi) is 7.21. The fourth-order valence-electron chi connectivity index (χ4n) is 4.45. The minimum absolute atomic E-state index is 0.0717. The zero-order valence-electron chi connectivity index (χ0n) is 19.9. The predicted molar refractivity (Wildman–Crippen MR) is 142 cm³/mol. The van der Waals surface area contributed by atoms with Gasteiger partial charge in [-0.1, -0.05) is 35.9 Å². The number of halogens is 2. The smallest absolute Gasteiger partial charge is 0.275 e. The lowest BCUT2D eigenvalue weighted by atomic mass is 9.88. The average molecular weight is 536 g/mol. The highest BCUT2D eigenvalue weighted by molar-refractivity contribution is 7.09. The van der Waals surface area contributed by atoms with Crippen LogP contribution in [-0.4, -0.2) is 28.2 Å². The Bertz CT molecular complexity index is 1470. The first kappa shape index (κ1) is 24.9. The maximum Gasteiger partial charge on any atom is 0.275 e. The van der Waals surface area contributed by atoms with Crippen LogP contribution in [0.3, 0.4) is 0 Å². The van der Waals surface area contributed by atoms with E-state index in [9.17, 15) is 14.0 Å². The number of aromatic nitrogens is 1. The Labute approximate surface area is 222 Å². The number of carbonyl (C=O) groups excluding carboxylic acids is 2. The molecule has 0 saturated heterocycles. The van der Waals surface area contributed by atoms with Crippen molar-refractivity contribution >= 4 is 40.4 Å². The number of amides is 2. The molecule has 1 aliphatic rings. The molecule has 1 atom stereocenters. The molecule has 1 aromatic heterocycles. The summed E-state index contributed by atoms with van der Waals surface area (Å²) >= 11 is 7.30. The second-order valence-electron chi connectivity index (χ2n) is 8.66. The van der Waals surface area contributed by atoms with E-state index in [0.29, 0.717) is 40.0 Å². The summed E-state index contributed by atoms with van der Waals surface area (Å²) in [4.78, 5) is 31.1. The second-order valence-corrected chi connectivity index (χ2v) is 10.0. The van der Waals surface area contributed by atoms with Gasteiger partial charge in [0.15, 0.2) is 0 Å². The van der Waals surface area contributed by atoms with E-state index < -0.39 is 6.04 Å². The zero-order valence-corrected chi connectivity index (χ0v) is 21.5. The third-order valence-electron chi connectivity index (χ3n) is 6.14. The first-order chi connectivity index (χ1) is 17.9. The summed E-state index contributed by atoms with van der Waals surface area (Å²) in [5.74, 6) is -0.149. The van der Waals surface area contributed by atoms with E-state index in [0.717, 1.165) is 11.1 Å². The molecule has 2 amide bonds. The Morgan fingerprint density at radius 3 is 2.78 bits per heavy atom. The molecule has 1 unspecified atom stereocenters. The van der Waals surface area contributed by atoms with Crippen LogP contribution in [0.4, 0.5) is 10.1 Å². The molecule has 37 heavy (non-hydrogen) atoms. The molecule has 0 radical (unpaired) electrons. The minimum Gasteiger partial charge on any atom is -0.486 e. The van der Waals surface area contributed by atoms with Gasteiger partial charge in [0.05, 0.1) is 6.04 Å². The summed E-state index contributed by atoms with van der Waals surface area (Å²) in [6.07, 6.45) is 0.707. The fraction of sp³-hybridized carbons (Fsp3) is 0.179. The van der Waals surface area contributed by atoms with Gasteiger partial charge in [0.2, 0.25) is 5.91 Å². The van der Waals surface area contributed by atoms with E-state index >= 15 is 0 Å². The Morgan fingerprint density at radius 1 is 1.16 bits per heavy atom. The van der Waals surface area contributed by atoms with Crippen LogP contribution in [0.5, 0.6) is 5.75 Å². The standard InChI is InChI=1S/C28H23ClFN3O3S/c1-17(34)33-11-10-18-8-9-23(14-24(18)27(33)19-4-2-6-21(30)12-19)36-15-26-32-25(16-37-26)28(35)31-22-7-3-5-20(29)13-22/h2-9,12-14,16,27H,10-11,15H2,1H3,(H,31,35). The van der Waals surface area contributed by atoms with Crippen molar-refractivity contribution < 1.29 is 18.7 Å². The summed E-state index contributed by atoms with van der Waals surface area (Å²) < 4.78 is 20.1. The van der Waals surface area contributed by atoms with Crippen molar-refractivity contribution in [3.63, 3.8) is 0 Å². The first-order valence-electron chi connectivity index (χ1n) is 11.7. The van der Waals surface area contributed by atoms with Crippen LogP contribution < -0.4 is 10.1 Å². The topological polar surface area (TPSA) is 71.5 Å². The van der Waals surface area contributed by atoms with Crippen molar-refractivity contribution in [3.8, 4) is 5.75 Å².